The molecule has 33 heavy (non-hydrogen) atoms. The zero-order chi connectivity index (χ0) is 23.1. The SMILES string of the molecule is CPN(PC)c1cncc(-c2cn(-c3ccn4cncc4c3)c3cc(C)c(C#N)cc23)c1Cl. The van der Waals surface area contributed by atoms with Gasteiger partial charge in [-0.3, -0.25) is 4.98 Å². The summed E-state index contributed by atoms with van der Waals surface area (Å²) in [6.07, 6.45) is 11.4. The van der Waals surface area contributed by atoms with Crippen LogP contribution in [0.25, 0.3) is 33.2 Å². The van der Waals surface area contributed by atoms with Crippen molar-refractivity contribution < 1.29 is 0 Å². The number of imidazole rings is 1. The van der Waals surface area contributed by atoms with Gasteiger partial charge >= 0.3 is 0 Å². The maximum Gasteiger partial charge on any atom is 0.0994 e. The lowest BCUT2D eigenvalue weighted by molar-refractivity contribution is 1.09. The Morgan fingerprint density at radius 1 is 1.06 bits per heavy atom. The maximum absolute atomic E-state index is 9.68. The fraction of sp³-hybridized carbons (Fsp3) is 0.125. The number of pyridine rings is 2. The van der Waals surface area contributed by atoms with E-state index >= 15 is 0 Å². The number of benzene rings is 1. The summed E-state index contributed by atoms with van der Waals surface area (Å²) in [5.74, 6) is 0. The number of halogens is 1. The van der Waals surface area contributed by atoms with Crippen molar-refractivity contribution in [2.24, 2.45) is 0 Å². The average molecular weight is 491 g/mol. The molecule has 0 spiro atoms. The van der Waals surface area contributed by atoms with Gasteiger partial charge < -0.3 is 13.4 Å². The van der Waals surface area contributed by atoms with Crippen molar-refractivity contribution in [3.05, 3.63) is 77.7 Å². The van der Waals surface area contributed by atoms with E-state index in [0.29, 0.717) is 28.0 Å². The fourth-order valence-electron chi connectivity index (χ4n) is 4.11. The Kier molecular flexibility index (Phi) is 5.81. The Morgan fingerprint density at radius 3 is 2.64 bits per heavy atom. The molecule has 6 nitrogen and oxygen atoms in total. The van der Waals surface area contributed by atoms with E-state index in [0.717, 1.165) is 44.5 Å². The van der Waals surface area contributed by atoms with E-state index in [-0.39, 0.29) is 0 Å². The van der Waals surface area contributed by atoms with E-state index in [1.165, 1.54) is 0 Å². The lowest BCUT2D eigenvalue weighted by Crippen LogP contribution is -2.00. The molecule has 0 bridgehead atoms. The van der Waals surface area contributed by atoms with E-state index in [9.17, 15) is 5.26 Å². The highest BCUT2D eigenvalue weighted by atomic mass is 35.5. The Hall–Kier alpha value is -2.96. The lowest BCUT2D eigenvalue weighted by Gasteiger charge is -2.22. The Balaban J connectivity index is 1.80. The van der Waals surface area contributed by atoms with Gasteiger partial charge in [0, 0.05) is 40.8 Å². The number of nitrogens with zero attached hydrogens (tertiary/aromatic N) is 6. The van der Waals surface area contributed by atoms with Crippen LogP contribution in [-0.4, -0.2) is 32.3 Å². The van der Waals surface area contributed by atoms with Crippen molar-refractivity contribution >= 4 is 51.2 Å². The van der Waals surface area contributed by atoms with Gasteiger partial charge in [0.1, 0.15) is 0 Å². The number of nitriles is 1. The Morgan fingerprint density at radius 2 is 1.88 bits per heavy atom. The Bertz CT molecular complexity index is 1540. The minimum Gasteiger partial charge on any atom is -0.333 e. The van der Waals surface area contributed by atoms with Crippen LogP contribution in [0.4, 0.5) is 5.69 Å². The molecule has 0 fully saturated rings. The van der Waals surface area contributed by atoms with Gasteiger partial charge in [-0.25, -0.2) is 4.98 Å². The third kappa shape index (κ3) is 3.67. The van der Waals surface area contributed by atoms with Gasteiger partial charge in [-0.15, -0.1) is 0 Å². The van der Waals surface area contributed by atoms with E-state index in [4.69, 9.17) is 11.6 Å². The molecule has 0 saturated carbocycles. The minimum atomic E-state index is 0.595. The van der Waals surface area contributed by atoms with Crippen molar-refractivity contribution in [3.63, 3.8) is 0 Å². The van der Waals surface area contributed by atoms with Crippen LogP contribution in [0.2, 0.25) is 5.02 Å². The summed E-state index contributed by atoms with van der Waals surface area (Å²) in [5, 5.41) is 11.3. The molecule has 5 aromatic rings. The van der Waals surface area contributed by atoms with Gasteiger partial charge in [0.05, 0.1) is 52.1 Å². The highest BCUT2D eigenvalue weighted by Crippen LogP contribution is 2.45. The predicted octanol–water partition coefficient (Wildman–Crippen LogP) is 6.43. The molecule has 0 saturated heterocycles. The van der Waals surface area contributed by atoms with Crippen molar-refractivity contribution in [1.29, 1.82) is 5.26 Å². The summed E-state index contributed by atoms with van der Waals surface area (Å²) >= 11 is 6.96. The molecule has 0 amide bonds. The van der Waals surface area contributed by atoms with E-state index in [1.54, 1.807) is 6.33 Å². The van der Waals surface area contributed by atoms with Gasteiger partial charge in [-0.1, -0.05) is 11.6 Å². The number of anilines is 1. The molecule has 164 valence electrons. The van der Waals surface area contributed by atoms with E-state index in [2.05, 4.69) is 62.8 Å². The molecule has 0 aliphatic heterocycles. The summed E-state index contributed by atoms with van der Waals surface area (Å²) in [6, 6.07) is 10.5. The molecule has 9 heteroatoms. The fourth-order valence-corrected chi connectivity index (χ4v) is 6.25. The molecule has 5 rings (SSSR count). The van der Waals surface area contributed by atoms with Crippen LogP contribution in [-0.2, 0) is 0 Å². The first-order valence-corrected chi connectivity index (χ1v) is 13.6. The van der Waals surface area contributed by atoms with Crippen LogP contribution >= 0.6 is 29.1 Å². The topological polar surface area (TPSA) is 62.1 Å². The minimum absolute atomic E-state index is 0.595. The maximum atomic E-state index is 9.68. The molecule has 1 aromatic carbocycles. The highest BCUT2D eigenvalue weighted by Gasteiger charge is 2.19. The average Bonchev–Trinajstić information content (AvgIpc) is 3.44. The zero-order valence-electron chi connectivity index (χ0n) is 18.3. The Labute approximate surface area is 200 Å². The van der Waals surface area contributed by atoms with Gasteiger partial charge in [0.15, 0.2) is 0 Å². The van der Waals surface area contributed by atoms with E-state index in [1.807, 2.05) is 42.2 Å². The molecule has 0 aliphatic carbocycles. The van der Waals surface area contributed by atoms with Crippen molar-refractivity contribution in [3.8, 4) is 22.9 Å². The summed E-state index contributed by atoms with van der Waals surface area (Å²) in [5.41, 5.74) is 7.36. The largest absolute Gasteiger partial charge is 0.333 e. The van der Waals surface area contributed by atoms with Crippen LogP contribution in [0.5, 0.6) is 0 Å². The second-order valence-corrected chi connectivity index (χ2v) is 10.2. The van der Waals surface area contributed by atoms with Crippen LogP contribution in [0.1, 0.15) is 11.1 Å². The normalized spacial score (nSPS) is 12.0. The van der Waals surface area contributed by atoms with Crippen LogP contribution in [0.15, 0.2) is 61.6 Å². The quantitative estimate of drug-likeness (QED) is 0.266. The zero-order valence-corrected chi connectivity index (χ0v) is 21.1. The smallest absolute Gasteiger partial charge is 0.0994 e. The molecule has 4 aromatic heterocycles. The number of hydrogen-bond acceptors (Lipinski definition) is 4. The summed E-state index contributed by atoms with van der Waals surface area (Å²) in [6.45, 7) is 6.24. The third-order valence-electron chi connectivity index (χ3n) is 5.79. The first-order valence-electron chi connectivity index (χ1n) is 10.3. The van der Waals surface area contributed by atoms with Crippen molar-refractivity contribution in [1.82, 2.24) is 18.9 Å². The van der Waals surface area contributed by atoms with Gasteiger partial charge in [-0.2, -0.15) is 5.26 Å². The second kappa shape index (κ2) is 8.76. The lowest BCUT2D eigenvalue weighted by atomic mass is 10.0. The molecule has 0 radical (unpaired) electrons. The van der Waals surface area contributed by atoms with Crippen LogP contribution in [0, 0.1) is 18.3 Å². The first-order chi connectivity index (χ1) is 16.0. The first kappa shape index (κ1) is 21.9. The monoisotopic (exact) mass is 490 g/mol. The molecule has 0 aliphatic rings. The molecule has 2 atom stereocenters. The number of aryl methyl sites for hydroxylation is 1. The van der Waals surface area contributed by atoms with Crippen molar-refractivity contribution in [2.75, 3.05) is 17.8 Å². The summed E-state index contributed by atoms with van der Waals surface area (Å²) in [7, 11) is 1.19. The molecule has 0 N–H and O–H groups in total. The summed E-state index contributed by atoms with van der Waals surface area (Å²) < 4.78 is 6.37. The number of hydrogen-bond donors (Lipinski definition) is 0. The van der Waals surface area contributed by atoms with Crippen LogP contribution in [0.3, 0.4) is 0 Å². The van der Waals surface area contributed by atoms with Crippen molar-refractivity contribution in [2.45, 2.75) is 6.92 Å². The molecular weight excluding hydrogens is 470 g/mol. The number of aromatic nitrogens is 4. The number of rotatable bonds is 5. The predicted molar refractivity (Wildman–Crippen MR) is 141 cm³/mol. The van der Waals surface area contributed by atoms with Crippen LogP contribution < -0.4 is 4.44 Å². The molecule has 4 heterocycles. The second-order valence-electron chi connectivity index (χ2n) is 7.62. The van der Waals surface area contributed by atoms with Gasteiger partial charge in [0.2, 0.25) is 0 Å². The van der Waals surface area contributed by atoms with Gasteiger partial charge in [-0.05, 0) is 67.5 Å². The third-order valence-corrected chi connectivity index (χ3v) is 8.90. The summed E-state index contributed by atoms with van der Waals surface area (Å²) in [4.78, 5) is 8.75. The van der Waals surface area contributed by atoms with Gasteiger partial charge in [0.25, 0.3) is 0 Å². The standard InChI is InChI=1S/C24H21ClN6P2/c1-15-6-22-19(7-16(15)9-26)21(20-11-27-12-23(24(20)25)31(32-2)33-3)13-30(22)17-4-5-29-14-28-10-18(29)8-17/h4-8,10-14,32-33H,1-3H3. The molecular formula is C24H21ClN6P2. The highest BCUT2D eigenvalue weighted by molar-refractivity contribution is 7.58. The van der Waals surface area contributed by atoms with E-state index < -0.39 is 0 Å². The number of fused-ring (bicyclic) bond motifs is 2. The molecule has 2 unspecified atom stereocenters.